The van der Waals surface area contributed by atoms with Crippen LogP contribution in [0, 0.1) is 5.92 Å². The fourth-order valence-corrected chi connectivity index (χ4v) is 4.12. The Morgan fingerprint density at radius 2 is 1.65 bits per heavy atom. The SMILES string of the molecule is CN(C(=O)C1CCN(C(=O)/C=C/c2ccccc2)CC1)C1CCCCC1. The molecule has 2 amide bonds. The fraction of sp³-hybridized carbons (Fsp3) is 0.545. The molecule has 0 spiro atoms. The molecule has 0 N–H and O–H groups in total. The summed E-state index contributed by atoms with van der Waals surface area (Å²) in [5.74, 6) is 0.397. The van der Waals surface area contributed by atoms with Crippen molar-refractivity contribution in [3.05, 3.63) is 42.0 Å². The van der Waals surface area contributed by atoms with Crippen molar-refractivity contribution in [2.45, 2.75) is 51.0 Å². The van der Waals surface area contributed by atoms with E-state index in [2.05, 4.69) is 0 Å². The maximum Gasteiger partial charge on any atom is 0.246 e. The number of piperidine rings is 1. The molecule has 0 aromatic heterocycles. The highest BCUT2D eigenvalue weighted by molar-refractivity contribution is 5.92. The lowest BCUT2D eigenvalue weighted by Gasteiger charge is -2.36. The minimum atomic E-state index is 0.0420. The standard InChI is InChI=1S/C22H30N2O2/c1-23(20-10-6-3-7-11-20)22(26)19-14-16-24(17-15-19)21(25)13-12-18-8-4-2-5-9-18/h2,4-5,8-9,12-13,19-20H,3,6-7,10-11,14-17H2,1H3/b13-12+. The Hall–Kier alpha value is -2.10. The highest BCUT2D eigenvalue weighted by Crippen LogP contribution is 2.26. The first kappa shape index (κ1) is 18.7. The molecule has 1 aliphatic heterocycles. The third-order valence-electron chi connectivity index (χ3n) is 5.84. The Labute approximate surface area is 156 Å². The predicted octanol–water partition coefficient (Wildman–Crippen LogP) is 3.73. The highest BCUT2D eigenvalue weighted by atomic mass is 16.2. The van der Waals surface area contributed by atoms with Crippen molar-refractivity contribution in [2.75, 3.05) is 20.1 Å². The third-order valence-corrected chi connectivity index (χ3v) is 5.84. The van der Waals surface area contributed by atoms with Gasteiger partial charge in [-0.1, -0.05) is 49.6 Å². The second-order valence-electron chi connectivity index (χ2n) is 7.58. The molecule has 1 heterocycles. The minimum Gasteiger partial charge on any atom is -0.343 e. The summed E-state index contributed by atoms with van der Waals surface area (Å²) in [4.78, 5) is 29.0. The van der Waals surface area contributed by atoms with E-state index >= 15 is 0 Å². The van der Waals surface area contributed by atoms with E-state index in [1.807, 2.05) is 53.3 Å². The summed E-state index contributed by atoms with van der Waals surface area (Å²) < 4.78 is 0. The zero-order chi connectivity index (χ0) is 18.4. The summed E-state index contributed by atoms with van der Waals surface area (Å²) in [6.45, 7) is 1.35. The topological polar surface area (TPSA) is 40.6 Å². The van der Waals surface area contributed by atoms with Gasteiger partial charge in [-0.15, -0.1) is 0 Å². The minimum absolute atomic E-state index is 0.0420. The number of benzene rings is 1. The second kappa shape index (κ2) is 9.02. The molecule has 1 saturated carbocycles. The molecule has 2 fully saturated rings. The van der Waals surface area contributed by atoms with Gasteiger partial charge in [0.1, 0.15) is 0 Å². The quantitative estimate of drug-likeness (QED) is 0.773. The Morgan fingerprint density at radius 1 is 1.00 bits per heavy atom. The number of carbonyl (C=O) groups excluding carboxylic acids is 2. The molecule has 1 aliphatic carbocycles. The van der Waals surface area contributed by atoms with E-state index in [0.29, 0.717) is 19.1 Å². The number of likely N-dealkylation sites (tertiary alicyclic amines) is 1. The average Bonchev–Trinajstić information content (AvgIpc) is 2.72. The van der Waals surface area contributed by atoms with E-state index in [-0.39, 0.29) is 17.7 Å². The maximum atomic E-state index is 12.8. The second-order valence-corrected chi connectivity index (χ2v) is 7.58. The van der Waals surface area contributed by atoms with Crippen molar-refractivity contribution in [3.63, 3.8) is 0 Å². The lowest BCUT2D eigenvalue weighted by atomic mass is 9.91. The van der Waals surface area contributed by atoms with E-state index in [1.165, 1.54) is 19.3 Å². The van der Waals surface area contributed by atoms with Crippen LogP contribution in [0.3, 0.4) is 0 Å². The smallest absolute Gasteiger partial charge is 0.246 e. The molecule has 1 saturated heterocycles. The zero-order valence-corrected chi connectivity index (χ0v) is 15.8. The van der Waals surface area contributed by atoms with Crippen LogP contribution in [0.25, 0.3) is 6.08 Å². The fourth-order valence-electron chi connectivity index (χ4n) is 4.12. The molecule has 2 aliphatic rings. The summed E-state index contributed by atoms with van der Waals surface area (Å²) >= 11 is 0. The van der Waals surface area contributed by atoms with Crippen LogP contribution < -0.4 is 0 Å². The van der Waals surface area contributed by atoms with Crippen molar-refractivity contribution in [3.8, 4) is 0 Å². The number of amides is 2. The summed E-state index contributed by atoms with van der Waals surface area (Å²) in [6.07, 6.45) is 11.1. The van der Waals surface area contributed by atoms with Crippen molar-refractivity contribution < 1.29 is 9.59 Å². The normalized spacial score (nSPS) is 19.7. The van der Waals surface area contributed by atoms with Crippen molar-refractivity contribution in [1.29, 1.82) is 0 Å². The van der Waals surface area contributed by atoms with Gasteiger partial charge in [-0.2, -0.15) is 0 Å². The molecule has 1 aromatic carbocycles. The van der Waals surface area contributed by atoms with Crippen LogP contribution in [0.1, 0.15) is 50.5 Å². The van der Waals surface area contributed by atoms with Gasteiger partial charge < -0.3 is 9.80 Å². The first-order valence-electron chi connectivity index (χ1n) is 9.94. The van der Waals surface area contributed by atoms with Crippen LogP contribution in [-0.4, -0.2) is 47.8 Å². The summed E-state index contributed by atoms with van der Waals surface area (Å²) in [7, 11) is 1.97. The molecular formula is C22H30N2O2. The number of rotatable bonds is 4. The van der Waals surface area contributed by atoms with Crippen LogP contribution in [-0.2, 0) is 9.59 Å². The van der Waals surface area contributed by atoms with Gasteiger partial charge in [0, 0.05) is 38.2 Å². The zero-order valence-electron chi connectivity index (χ0n) is 15.8. The van der Waals surface area contributed by atoms with Gasteiger partial charge in [0.05, 0.1) is 0 Å². The van der Waals surface area contributed by atoms with Gasteiger partial charge in [0.2, 0.25) is 11.8 Å². The van der Waals surface area contributed by atoms with E-state index in [0.717, 1.165) is 31.2 Å². The number of hydrogen-bond donors (Lipinski definition) is 0. The molecule has 26 heavy (non-hydrogen) atoms. The van der Waals surface area contributed by atoms with Crippen LogP contribution in [0.5, 0.6) is 0 Å². The molecule has 4 nitrogen and oxygen atoms in total. The predicted molar refractivity (Wildman–Crippen MR) is 104 cm³/mol. The van der Waals surface area contributed by atoms with E-state index in [4.69, 9.17) is 0 Å². The maximum absolute atomic E-state index is 12.8. The summed E-state index contributed by atoms with van der Waals surface area (Å²) in [5.41, 5.74) is 1.03. The molecule has 0 radical (unpaired) electrons. The summed E-state index contributed by atoms with van der Waals surface area (Å²) in [5, 5.41) is 0. The number of nitrogens with zero attached hydrogens (tertiary/aromatic N) is 2. The molecule has 0 unspecified atom stereocenters. The van der Waals surface area contributed by atoms with Gasteiger partial charge in [0.25, 0.3) is 0 Å². The number of carbonyl (C=O) groups is 2. The van der Waals surface area contributed by atoms with Crippen LogP contribution >= 0.6 is 0 Å². The average molecular weight is 354 g/mol. The van der Waals surface area contributed by atoms with Gasteiger partial charge in [0.15, 0.2) is 0 Å². The lowest BCUT2D eigenvalue weighted by Crippen LogP contribution is -2.46. The van der Waals surface area contributed by atoms with Crippen LogP contribution in [0.15, 0.2) is 36.4 Å². The molecule has 140 valence electrons. The van der Waals surface area contributed by atoms with Crippen LogP contribution in [0.2, 0.25) is 0 Å². The van der Waals surface area contributed by atoms with Gasteiger partial charge >= 0.3 is 0 Å². The summed E-state index contributed by atoms with van der Waals surface area (Å²) in [6, 6.07) is 10.3. The van der Waals surface area contributed by atoms with Crippen molar-refractivity contribution in [2.24, 2.45) is 5.92 Å². The largest absolute Gasteiger partial charge is 0.343 e. The van der Waals surface area contributed by atoms with E-state index in [1.54, 1.807) is 6.08 Å². The van der Waals surface area contributed by atoms with Gasteiger partial charge in [-0.05, 0) is 37.3 Å². The van der Waals surface area contributed by atoms with Crippen LogP contribution in [0.4, 0.5) is 0 Å². The van der Waals surface area contributed by atoms with Gasteiger partial charge in [-0.25, -0.2) is 0 Å². The van der Waals surface area contributed by atoms with Crippen molar-refractivity contribution in [1.82, 2.24) is 9.80 Å². The van der Waals surface area contributed by atoms with E-state index in [9.17, 15) is 9.59 Å². The van der Waals surface area contributed by atoms with Crippen molar-refractivity contribution >= 4 is 17.9 Å². The Kier molecular flexibility index (Phi) is 6.48. The number of hydrogen-bond acceptors (Lipinski definition) is 2. The molecule has 0 atom stereocenters. The highest BCUT2D eigenvalue weighted by Gasteiger charge is 2.31. The third kappa shape index (κ3) is 4.75. The lowest BCUT2D eigenvalue weighted by molar-refractivity contribution is -0.140. The molecular weight excluding hydrogens is 324 g/mol. The van der Waals surface area contributed by atoms with Gasteiger partial charge in [-0.3, -0.25) is 9.59 Å². The molecule has 3 rings (SSSR count). The first-order chi connectivity index (χ1) is 12.6. The monoisotopic (exact) mass is 354 g/mol. The molecule has 1 aromatic rings. The Bertz CT molecular complexity index is 627. The molecule has 0 bridgehead atoms. The van der Waals surface area contributed by atoms with E-state index < -0.39 is 0 Å². The Balaban J connectivity index is 1.48. The molecule has 4 heteroatoms. The Morgan fingerprint density at radius 3 is 2.31 bits per heavy atom. The first-order valence-corrected chi connectivity index (χ1v) is 9.94.